The first-order chi connectivity index (χ1) is 6.87. The van der Waals surface area contributed by atoms with Gasteiger partial charge in [0.25, 0.3) is 0 Å². The Morgan fingerprint density at radius 3 is 2.20 bits per heavy atom. The van der Waals surface area contributed by atoms with Gasteiger partial charge >= 0.3 is 6.18 Å². The van der Waals surface area contributed by atoms with E-state index >= 15 is 0 Å². The monoisotopic (exact) mass is 280 g/mol. The molecule has 0 bridgehead atoms. The predicted molar refractivity (Wildman–Crippen MR) is 53.5 cm³/mol. The summed E-state index contributed by atoms with van der Waals surface area (Å²) in [5.41, 5.74) is 0.590. The molecule has 0 saturated carbocycles. The van der Waals surface area contributed by atoms with Gasteiger partial charge in [-0.3, -0.25) is 4.79 Å². The Hall–Kier alpha value is -0.840. The van der Waals surface area contributed by atoms with Crippen LogP contribution in [-0.4, -0.2) is 12.0 Å². The van der Waals surface area contributed by atoms with E-state index in [1.807, 2.05) is 0 Å². The molecular weight excluding hydrogens is 273 g/mol. The zero-order valence-corrected chi connectivity index (χ0v) is 9.23. The lowest BCUT2D eigenvalue weighted by molar-refractivity contribution is -0.151. The van der Waals surface area contributed by atoms with Gasteiger partial charge < -0.3 is 0 Å². The Kier molecular flexibility index (Phi) is 3.90. The summed E-state index contributed by atoms with van der Waals surface area (Å²) in [6, 6.07) is 6.63. The summed E-state index contributed by atoms with van der Waals surface area (Å²) in [6.07, 6.45) is -5.94. The molecule has 0 amide bonds. The lowest BCUT2D eigenvalue weighted by Gasteiger charge is -2.05. The van der Waals surface area contributed by atoms with Crippen LogP contribution in [0.1, 0.15) is 12.0 Å². The fourth-order valence-corrected chi connectivity index (χ4v) is 1.38. The molecule has 1 rings (SSSR count). The topological polar surface area (TPSA) is 17.1 Å². The zero-order chi connectivity index (χ0) is 11.5. The van der Waals surface area contributed by atoms with E-state index < -0.39 is 18.4 Å². The fourth-order valence-electron chi connectivity index (χ4n) is 1.12. The molecule has 0 atom stereocenters. The van der Waals surface area contributed by atoms with Gasteiger partial charge in [0.15, 0.2) is 0 Å². The van der Waals surface area contributed by atoms with E-state index in [1.54, 1.807) is 24.3 Å². The molecular formula is C10H8BrF3O. The number of alkyl halides is 3. The van der Waals surface area contributed by atoms with Gasteiger partial charge in [-0.15, -0.1) is 0 Å². The molecule has 15 heavy (non-hydrogen) atoms. The van der Waals surface area contributed by atoms with Gasteiger partial charge in [0.2, 0.25) is 0 Å². The van der Waals surface area contributed by atoms with E-state index in [0.29, 0.717) is 5.56 Å². The fraction of sp³-hybridized carbons (Fsp3) is 0.300. The van der Waals surface area contributed by atoms with Crippen molar-refractivity contribution in [3.8, 4) is 0 Å². The highest BCUT2D eigenvalue weighted by Gasteiger charge is 2.30. The van der Waals surface area contributed by atoms with Crippen molar-refractivity contribution in [1.82, 2.24) is 0 Å². The minimum atomic E-state index is -4.41. The lowest BCUT2D eigenvalue weighted by atomic mass is 10.1. The molecule has 0 unspecified atom stereocenters. The molecule has 0 aromatic heterocycles. The molecule has 5 heteroatoms. The van der Waals surface area contributed by atoms with Gasteiger partial charge in [-0.05, 0) is 17.7 Å². The quantitative estimate of drug-likeness (QED) is 0.828. The summed E-state index contributed by atoms with van der Waals surface area (Å²) in [4.78, 5) is 11.0. The molecule has 0 N–H and O–H groups in total. The molecule has 82 valence electrons. The second-order valence-electron chi connectivity index (χ2n) is 3.13. The van der Waals surface area contributed by atoms with E-state index in [0.717, 1.165) is 4.47 Å². The first-order valence-corrected chi connectivity index (χ1v) is 4.99. The van der Waals surface area contributed by atoms with Gasteiger partial charge in [0, 0.05) is 10.9 Å². The Morgan fingerprint density at radius 2 is 1.73 bits per heavy atom. The van der Waals surface area contributed by atoms with Gasteiger partial charge in [0.1, 0.15) is 12.2 Å². The van der Waals surface area contributed by atoms with Crippen LogP contribution >= 0.6 is 15.9 Å². The van der Waals surface area contributed by atoms with Crippen LogP contribution in [0.4, 0.5) is 13.2 Å². The first-order valence-electron chi connectivity index (χ1n) is 4.20. The average molecular weight is 281 g/mol. The number of halogens is 4. The van der Waals surface area contributed by atoms with Gasteiger partial charge in [-0.1, -0.05) is 28.1 Å². The lowest BCUT2D eigenvalue weighted by Crippen LogP contribution is -2.16. The highest BCUT2D eigenvalue weighted by Crippen LogP contribution is 2.21. The average Bonchev–Trinajstić information content (AvgIpc) is 2.05. The van der Waals surface area contributed by atoms with Crippen molar-refractivity contribution in [1.29, 1.82) is 0 Å². The minimum absolute atomic E-state index is 0.174. The maximum absolute atomic E-state index is 11.8. The van der Waals surface area contributed by atoms with Crippen molar-refractivity contribution in [2.45, 2.75) is 19.0 Å². The molecule has 0 radical (unpaired) electrons. The number of carbonyl (C=O) groups is 1. The van der Waals surface area contributed by atoms with Crippen LogP contribution in [0.25, 0.3) is 0 Å². The predicted octanol–water partition coefficient (Wildman–Crippen LogP) is 3.51. The van der Waals surface area contributed by atoms with Crippen LogP contribution in [0, 0.1) is 0 Å². The summed E-state index contributed by atoms with van der Waals surface area (Å²) in [5.74, 6) is -0.815. The van der Waals surface area contributed by atoms with Crippen molar-refractivity contribution < 1.29 is 18.0 Å². The van der Waals surface area contributed by atoms with Crippen molar-refractivity contribution in [3.05, 3.63) is 34.3 Å². The molecule has 1 aromatic carbocycles. The molecule has 0 aliphatic carbocycles. The smallest absolute Gasteiger partial charge is 0.299 e. The largest absolute Gasteiger partial charge is 0.395 e. The van der Waals surface area contributed by atoms with E-state index in [1.165, 1.54) is 0 Å². The van der Waals surface area contributed by atoms with E-state index in [2.05, 4.69) is 15.9 Å². The maximum atomic E-state index is 11.8. The van der Waals surface area contributed by atoms with Crippen LogP contribution < -0.4 is 0 Å². The third-order valence-corrected chi connectivity index (χ3v) is 2.24. The SMILES string of the molecule is O=C(Cc1ccc(Br)cc1)CC(F)(F)F. The number of rotatable bonds is 3. The Morgan fingerprint density at radius 1 is 1.20 bits per heavy atom. The first kappa shape index (κ1) is 12.2. The number of carbonyl (C=O) groups excluding carboxylic acids is 1. The second-order valence-corrected chi connectivity index (χ2v) is 4.05. The highest BCUT2D eigenvalue weighted by molar-refractivity contribution is 9.10. The van der Waals surface area contributed by atoms with Crippen LogP contribution in [0.2, 0.25) is 0 Å². The Balaban J connectivity index is 2.55. The van der Waals surface area contributed by atoms with Gasteiger partial charge in [-0.25, -0.2) is 0 Å². The molecule has 1 aromatic rings. The van der Waals surface area contributed by atoms with Gasteiger partial charge in [-0.2, -0.15) is 13.2 Å². The van der Waals surface area contributed by atoms with E-state index in [9.17, 15) is 18.0 Å². The molecule has 0 fully saturated rings. The normalized spacial score (nSPS) is 11.5. The molecule has 0 aliphatic rings. The summed E-state index contributed by atoms with van der Waals surface area (Å²) in [7, 11) is 0. The Bertz CT molecular complexity index is 343. The number of hydrogen-bond donors (Lipinski definition) is 0. The number of ketones is 1. The number of hydrogen-bond acceptors (Lipinski definition) is 1. The Labute approximate surface area is 93.4 Å². The molecule has 0 heterocycles. The van der Waals surface area contributed by atoms with E-state index in [4.69, 9.17) is 0 Å². The molecule has 0 aliphatic heterocycles. The van der Waals surface area contributed by atoms with Crippen LogP contribution in [0.5, 0.6) is 0 Å². The summed E-state index contributed by atoms with van der Waals surface area (Å²) < 4.78 is 36.4. The number of benzene rings is 1. The highest BCUT2D eigenvalue weighted by atomic mass is 79.9. The summed E-state index contributed by atoms with van der Waals surface area (Å²) in [5, 5.41) is 0. The standard InChI is InChI=1S/C10H8BrF3O/c11-8-3-1-7(2-4-8)5-9(15)6-10(12,13)14/h1-4H,5-6H2. The van der Waals surface area contributed by atoms with E-state index in [-0.39, 0.29) is 6.42 Å². The van der Waals surface area contributed by atoms with Crippen molar-refractivity contribution in [2.24, 2.45) is 0 Å². The summed E-state index contributed by atoms with van der Waals surface area (Å²) >= 11 is 3.20. The van der Waals surface area contributed by atoms with Gasteiger partial charge in [0.05, 0.1) is 0 Å². The van der Waals surface area contributed by atoms with Crippen molar-refractivity contribution in [2.75, 3.05) is 0 Å². The van der Waals surface area contributed by atoms with Crippen molar-refractivity contribution in [3.63, 3.8) is 0 Å². The van der Waals surface area contributed by atoms with Crippen molar-refractivity contribution >= 4 is 21.7 Å². The maximum Gasteiger partial charge on any atom is 0.395 e. The zero-order valence-electron chi connectivity index (χ0n) is 7.64. The molecule has 0 saturated heterocycles. The third kappa shape index (κ3) is 4.97. The van der Waals surface area contributed by atoms with Crippen LogP contribution in [-0.2, 0) is 11.2 Å². The molecule has 0 spiro atoms. The van der Waals surface area contributed by atoms with Crippen LogP contribution in [0.15, 0.2) is 28.7 Å². The minimum Gasteiger partial charge on any atom is -0.299 e. The molecule has 1 nitrogen and oxygen atoms in total. The second kappa shape index (κ2) is 4.79. The summed E-state index contributed by atoms with van der Waals surface area (Å²) in [6.45, 7) is 0. The number of Topliss-reactive ketones (excluding diaryl/α,β-unsaturated/α-hetero) is 1. The van der Waals surface area contributed by atoms with Crippen LogP contribution in [0.3, 0.4) is 0 Å². The third-order valence-electron chi connectivity index (χ3n) is 1.71.